The highest BCUT2D eigenvalue weighted by molar-refractivity contribution is 5.41. The van der Waals surface area contributed by atoms with Crippen LogP contribution in [-0.4, -0.2) is 29.3 Å². The highest BCUT2D eigenvalue weighted by Gasteiger charge is 2.29. The van der Waals surface area contributed by atoms with E-state index in [1.807, 2.05) is 0 Å². The summed E-state index contributed by atoms with van der Waals surface area (Å²) in [6, 6.07) is 0.161. The lowest BCUT2D eigenvalue weighted by Gasteiger charge is -2.35. The first-order valence-corrected chi connectivity index (χ1v) is 5.93. The van der Waals surface area contributed by atoms with Crippen LogP contribution in [0.2, 0.25) is 0 Å². The molecule has 0 aliphatic heterocycles. The molecule has 2 rings (SSSR count). The first-order chi connectivity index (χ1) is 8.50. The fourth-order valence-corrected chi connectivity index (χ4v) is 2.38. The maximum absolute atomic E-state index is 13.6. The van der Waals surface area contributed by atoms with Gasteiger partial charge in [0.1, 0.15) is 0 Å². The van der Waals surface area contributed by atoms with Crippen LogP contribution in [0.5, 0.6) is 0 Å². The Hall–Kier alpha value is -1.30. The van der Waals surface area contributed by atoms with E-state index in [0.29, 0.717) is 18.9 Å². The van der Waals surface area contributed by atoms with Crippen molar-refractivity contribution in [2.45, 2.75) is 37.8 Å². The molecule has 2 unspecified atom stereocenters. The molecule has 18 heavy (non-hydrogen) atoms. The van der Waals surface area contributed by atoms with Crippen LogP contribution in [0.25, 0.3) is 0 Å². The van der Waals surface area contributed by atoms with E-state index in [1.54, 1.807) is 0 Å². The minimum atomic E-state index is -1.33. The average Bonchev–Trinajstić information content (AvgIpc) is 2.33. The second kappa shape index (κ2) is 5.14. The Labute approximate surface area is 103 Å². The highest BCUT2D eigenvalue weighted by atomic mass is 19.2. The minimum absolute atomic E-state index is 0.264. The molecule has 0 bridgehead atoms. The summed E-state index contributed by atoms with van der Waals surface area (Å²) in [4.78, 5) is 4.67. The van der Waals surface area contributed by atoms with Crippen molar-refractivity contribution in [3.8, 4) is 0 Å². The Morgan fingerprint density at radius 3 is 2.56 bits per heavy atom. The molecule has 100 valence electrons. The SMILES string of the molecule is CN(c1nc(F)c(F)cc1F)C1CCCCC1O. The molecule has 1 fully saturated rings. The first kappa shape index (κ1) is 13.1. The predicted molar refractivity (Wildman–Crippen MR) is 60.8 cm³/mol. The van der Waals surface area contributed by atoms with Gasteiger partial charge in [-0.1, -0.05) is 12.8 Å². The summed E-state index contributed by atoms with van der Waals surface area (Å²) in [5, 5.41) is 9.86. The van der Waals surface area contributed by atoms with Crippen molar-refractivity contribution in [3.05, 3.63) is 23.6 Å². The Bertz CT molecular complexity index is 442. The molecule has 1 aliphatic carbocycles. The average molecular weight is 260 g/mol. The van der Waals surface area contributed by atoms with Gasteiger partial charge < -0.3 is 10.0 Å². The minimum Gasteiger partial charge on any atom is -0.391 e. The molecule has 6 heteroatoms. The molecule has 0 saturated heterocycles. The van der Waals surface area contributed by atoms with Crippen LogP contribution >= 0.6 is 0 Å². The number of pyridine rings is 1. The molecule has 0 radical (unpaired) electrons. The topological polar surface area (TPSA) is 36.4 Å². The van der Waals surface area contributed by atoms with Crippen LogP contribution in [0.15, 0.2) is 6.07 Å². The lowest BCUT2D eigenvalue weighted by atomic mass is 9.91. The molecule has 0 amide bonds. The summed E-state index contributed by atoms with van der Waals surface area (Å²) in [6.07, 6.45) is 2.53. The van der Waals surface area contributed by atoms with Crippen LogP contribution < -0.4 is 4.90 Å². The van der Waals surface area contributed by atoms with E-state index in [2.05, 4.69) is 4.98 Å². The monoisotopic (exact) mass is 260 g/mol. The molecule has 1 saturated carbocycles. The fourth-order valence-electron chi connectivity index (χ4n) is 2.38. The Morgan fingerprint density at radius 1 is 1.22 bits per heavy atom. The molecule has 3 nitrogen and oxygen atoms in total. The normalized spacial score (nSPS) is 24.1. The third-order valence-electron chi connectivity index (χ3n) is 3.39. The van der Waals surface area contributed by atoms with E-state index in [4.69, 9.17) is 0 Å². The molecule has 1 heterocycles. The molecule has 2 atom stereocenters. The molecule has 1 aliphatic rings. The summed E-state index contributed by atoms with van der Waals surface area (Å²) in [5.41, 5.74) is 0. The van der Waals surface area contributed by atoms with E-state index >= 15 is 0 Å². The van der Waals surface area contributed by atoms with Gasteiger partial charge in [0.05, 0.1) is 12.1 Å². The summed E-state index contributed by atoms with van der Waals surface area (Å²) >= 11 is 0. The van der Waals surface area contributed by atoms with E-state index < -0.39 is 23.7 Å². The number of halogens is 3. The van der Waals surface area contributed by atoms with Gasteiger partial charge in [0.2, 0.25) is 0 Å². The van der Waals surface area contributed by atoms with Crippen molar-refractivity contribution in [3.63, 3.8) is 0 Å². The number of likely N-dealkylation sites (N-methyl/N-ethyl adjacent to an activating group) is 1. The van der Waals surface area contributed by atoms with Gasteiger partial charge in [0, 0.05) is 13.1 Å². The number of hydrogen-bond acceptors (Lipinski definition) is 3. The number of aliphatic hydroxyl groups excluding tert-OH is 1. The maximum atomic E-state index is 13.6. The van der Waals surface area contributed by atoms with Gasteiger partial charge in [-0.05, 0) is 12.8 Å². The van der Waals surface area contributed by atoms with E-state index in [0.717, 1.165) is 12.8 Å². The van der Waals surface area contributed by atoms with Crippen molar-refractivity contribution < 1.29 is 18.3 Å². The molecular formula is C12H15F3N2O. The van der Waals surface area contributed by atoms with E-state index in [-0.39, 0.29) is 11.9 Å². The fraction of sp³-hybridized carbons (Fsp3) is 0.583. The highest BCUT2D eigenvalue weighted by Crippen LogP contribution is 2.27. The second-order valence-electron chi connectivity index (χ2n) is 4.60. The summed E-state index contributed by atoms with van der Waals surface area (Å²) < 4.78 is 39.4. The lowest BCUT2D eigenvalue weighted by Crippen LogP contribution is -2.44. The number of nitrogens with zero attached hydrogens (tertiary/aromatic N) is 2. The quantitative estimate of drug-likeness (QED) is 0.828. The van der Waals surface area contributed by atoms with Crippen molar-refractivity contribution in [2.75, 3.05) is 11.9 Å². The Morgan fingerprint density at radius 2 is 1.89 bits per heavy atom. The van der Waals surface area contributed by atoms with Crippen molar-refractivity contribution in [1.29, 1.82) is 0 Å². The van der Waals surface area contributed by atoms with Crippen LogP contribution in [0.4, 0.5) is 19.0 Å². The van der Waals surface area contributed by atoms with Gasteiger partial charge >= 0.3 is 0 Å². The predicted octanol–water partition coefficient (Wildman–Crippen LogP) is 2.24. The van der Waals surface area contributed by atoms with Gasteiger partial charge in [-0.2, -0.15) is 9.37 Å². The van der Waals surface area contributed by atoms with Crippen LogP contribution in [0.3, 0.4) is 0 Å². The molecule has 0 spiro atoms. The number of hydrogen-bond donors (Lipinski definition) is 1. The smallest absolute Gasteiger partial charge is 0.251 e. The lowest BCUT2D eigenvalue weighted by molar-refractivity contribution is 0.105. The van der Waals surface area contributed by atoms with Gasteiger partial charge in [-0.3, -0.25) is 0 Å². The zero-order chi connectivity index (χ0) is 13.3. The maximum Gasteiger partial charge on any atom is 0.251 e. The zero-order valence-electron chi connectivity index (χ0n) is 10.0. The molecule has 1 N–H and O–H groups in total. The number of anilines is 1. The van der Waals surface area contributed by atoms with Crippen LogP contribution in [0, 0.1) is 17.6 Å². The third kappa shape index (κ3) is 2.43. The number of aromatic nitrogens is 1. The van der Waals surface area contributed by atoms with Crippen molar-refractivity contribution in [1.82, 2.24) is 4.98 Å². The molecule has 1 aromatic heterocycles. The van der Waals surface area contributed by atoms with Gasteiger partial charge in [0.25, 0.3) is 5.95 Å². The van der Waals surface area contributed by atoms with Gasteiger partial charge in [-0.15, -0.1) is 0 Å². The third-order valence-corrected chi connectivity index (χ3v) is 3.39. The number of aliphatic hydroxyl groups is 1. The summed E-state index contributed by atoms with van der Waals surface area (Å²) in [5.74, 6) is -3.83. The van der Waals surface area contributed by atoms with E-state index in [1.165, 1.54) is 11.9 Å². The Balaban J connectivity index is 2.27. The Kier molecular flexibility index (Phi) is 3.75. The van der Waals surface area contributed by atoms with Crippen molar-refractivity contribution in [2.24, 2.45) is 0 Å². The number of rotatable bonds is 2. The second-order valence-corrected chi connectivity index (χ2v) is 4.60. The standard InChI is InChI=1S/C12H15F3N2O/c1-17(9-4-2-3-5-10(9)18)12-8(14)6-7(13)11(15)16-12/h6,9-10,18H,2-5H2,1H3. The molecular weight excluding hydrogens is 245 g/mol. The van der Waals surface area contributed by atoms with Crippen LogP contribution in [-0.2, 0) is 0 Å². The van der Waals surface area contributed by atoms with Gasteiger partial charge in [0.15, 0.2) is 17.5 Å². The molecule has 0 aromatic carbocycles. The van der Waals surface area contributed by atoms with Gasteiger partial charge in [-0.25, -0.2) is 8.78 Å². The van der Waals surface area contributed by atoms with E-state index in [9.17, 15) is 18.3 Å². The summed E-state index contributed by atoms with van der Waals surface area (Å²) in [6.45, 7) is 0. The largest absolute Gasteiger partial charge is 0.391 e. The first-order valence-electron chi connectivity index (χ1n) is 5.93. The zero-order valence-corrected chi connectivity index (χ0v) is 10.0. The molecule has 1 aromatic rings. The van der Waals surface area contributed by atoms with Crippen molar-refractivity contribution >= 4 is 5.82 Å². The summed E-state index contributed by atoms with van der Waals surface area (Å²) in [7, 11) is 1.53. The van der Waals surface area contributed by atoms with Crippen LogP contribution in [0.1, 0.15) is 25.7 Å².